The van der Waals surface area contributed by atoms with Crippen LogP contribution in [0.5, 0.6) is 0 Å². The van der Waals surface area contributed by atoms with Crippen LogP contribution < -0.4 is 5.32 Å². The molecule has 2 heterocycles. The van der Waals surface area contributed by atoms with Gasteiger partial charge in [-0.25, -0.2) is 0 Å². The molecule has 1 atom stereocenters. The van der Waals surface area contributed by atoms with E-state index in [0.717, 1.165) is 29.7 Å². The molecule has 1 N–H and O–H groups in total. The molecule has 2 aromatic rings. The lowest BCUT2D eigenvalue weighted by molar-refractivity contribution is 0.263. The van der Waals surface area contributed by atoms with E-state index in [4.69, 9.17) is 4.52 Å². The summed E-state index contributed by atoms with van der Waals surface area (Å²) in [4.78, 5) is 6.81. The van der Waals surface area contributed by atoms with Gasteiger partial charge in [-0.3, -0.25) is 4.90 Å². The smallest absolute Gasteiger partial charge is 0.241 e. The van der Waals surface area contributed by atoms with Crippen LogP contribution in [0.1, 0.15) is 12.3 Å². The quantitative estimate of drug-likeness (QED) is 0.928. The van der Waals surface area contributed by atoms with Gasteiger partial charge in [-0.1, -0.05) is 33.2 Å². The van der Waals surface area contributed by atoms with Gasteiger partial charge in [-0.2, -0.15) is 4.98 Å². The first-order valence-electron chi connectivity index (χ1n) is 6.73. The minimum atomic E-state index is 0.572. The van der Waals surface area contributed by atoms with E-state index < -0.39 is 0 Å². The van der Waals surface area contributed by atoms with Crippen LogP contribution in [0.4, 0.5) is 0 Å². The van der Waals surface area contributed by atoms with Crippen molar-refractivity contribution in [3.05, 3.63) is 34.6 Å². The van der Waals surface area contributed by atoms with Gasteiger partial charge in [0.25, 0.3) is 0 Å². The summed E-state index contributed by atoms with van der Waals surface area (Å²) in [5.41, 5.74) is 0.962. The highest BCUT2D eigenvalue weighted by Gasteiger charge is 2.22. The van der Waals surface area contributed by atoms with Gasteiger partial charge in [0.15, 0.2) is 0 Å². The van der Waals surface area contributed by atoms with Crippen molar-refractivity contribution in [2.75, 3.05) is 20.1 Å². The molecule has 0 amide bonds. The molecule has 5 nitrogen and oxygen atoms in total. The molecule has 0 spiro atoms. The SMILES string of the molecule is CNC1CCN(Cc2nc(-c3cccc(Br)c3)no2)C1. The second kappa shape index (κ2) is 6.03. The van der Waals surface area contributed by atoms with Crippen molar-refractivity contribution in [1.29, 1.82) is 0 Å². The third kappa shape index (κ3) is 3.08. The van der Waals surface area contributed by atoms with Crippen molar-refractivity contribution in [2.45, 2.75) is 19.0 Å². The van der Waals surface area contributed by atoms with E-state index >= 15 is 0 Å². The lowest BCUT2D eigenvalue weighted by Gasteiger charge is -2.12. The monoisotopic (exact) mass is 336 g/mol. The highest BCUT2D eigenvalue weighted by atomic mass is 79.9. The van der Waals surface area contributed by atoms with Crippen molar-refractivity contribution >= 4 is 15.9 Å². The molecular formula is C14H17BrN4O. The number of benzene rings is 1. The summed E-state index contributed by atoms with van der Waals surface area (Å²) in [6.45, 7) is 2.82. The number of hydrogen-bond donors (Lipinski definition) is 1. The first kappa shape index (κ1) is 13.7. The first-order chi connectivity index (χ1) is 9.74. The lowest BCUT2D eigenvalue weighted by Crippen LogP contribution is -2.29. The third-order valence-corrected chi connectivity index (χ3v) is 4.08. The summed E-state index contributed by atoms with van der Waals surface area (Å²) in [6.07, 6.45) is 1.17. The van der Waals surface area contributed by atoms with Gasteiger partial charge in [0, 0.05) is 29.2 Å². The average molecular weight is 337 g/mol. The minimum absolute atomic E-state index is 0.572. The maximum absolute atomic E-state index is 5.35. The number of rotatable bonds is 4. The van der Waals surface area contributed by atoms with E-state index in [2.05, 4.69) is 36.3 Å². The Balaban J connectivity index is 1.68. The fourth-order valence-corrected chi connectivity index (χ4v) is 2.87. The van der Waals surface area contributed by atoms with E-state index in [9.17, 15) is 0 Å². The Morgan fingerprint density at radius 3 is 3.15 bits per heavy atom. The van der Waals surface area contributed by atoms with Crippen LogP contribution in [-0.4, -0.2) is 41.2 Å². The Hall–Kier alpha value is -1.24. The zero-order valence-corrected chi connectivity index (χ0v) is 12.9. The summed E-state index contributed by atoms with van der Waals surface area (Å²) in [5, 5.41) is 7.36. The molecule has 0 saturated carbocycles. The molecule has 106 valence electrons. The maximum Gasteiger partial charge on any atom is 0.241 e. The topological polar surface area (TPSA) is 54.2 Å². The van der Waals surface area contributed by atoms with Crippen LogP contribution >= 0.6 is 15.9 Å². The van der Waals surface area contributed by atoms with E-state index in [1.807, 2.05) is 31.3 Å². The highest BCUT2D eigenvalue weighted by Crippen LogP contribution is 2.21. The van der Waals surface area contributed by atoms with Crippen molar-refractivity contribution < 1.29 is 4.52 Å². The van der Waals surface area contributed by atoms with Gasteiger partial charge in [-0.15, -0.1) is 0 Å². The van der Waals surface area contributed by atoms with Gasteiger partial charge in [-0.05, 0) is 25.6 Å². The van der Waals surface area contributed by atoms with Gasteiger partial charge < -0.3 is 9.84 Å². The van der Waals surface area contributed by atoms with Crippen molar-refractivity contribution in [1.82, 2.24) is 20.4 Å². The van der Waals surface area contributed by atoms with Gasteiger partial charge in [0.2, 0.25) is 11.7 Å². The predicted molar refractivity (Wildman–Crippen MR) is 80.2 cm³/mol. The molecule has 3 rings (SSSR count). The van der Waals surface area contributed by atoms with E-state index in [0.29, 0.717) is 17.8 Å². The molecule has 1 fully saturated rings. The molecule has 0 aliphatic carbocycles. The molecule has 0 radical (unpaired) electrons. The zero-order chi connectivity index (χ0) is 13.9. The van der Waals surface area contributed by atoms with Crippen molar-refractivity contribution in [3.8, 4) is 11.4 Å². The van der Waals surface area contributed by atoms with Crippen molar-refractivity contribution in [3.63, 3.8) is 0 Å². The number of nitrogens with one attached hydrogen (secondary N) is 1. The summed E-state index contributed by atoms with van der Waals surface area (Å²) in [6, 6.07) is 8.48. The summed E-state index contributed by atoms with van der Waals surface area (Å²) >= 11 is 3.45. The van der Waals surface area contributed by atoms with Gasteiger partial charge in [0.05, 0.1) is 6.54 Å². The Morgan fingerprint density at radius 2 is 2.40 bits per heavy atom. The second-order valence-corrected chi connectivity index (χ2v) is 5.95. The number of halogens is 1. The molecule has 1 aliphatic rings. The third-order valence-electron chi connectivity index (χ3n) is 3.59. The molecule has 1 aromatic carbocycles. The number of aromatic nitrogens is 2. The Kier molecular flexibility index (Phi) is 4.14. The second-order valence-electron chi connectivity index (χ2n) is 5.03. The zero-order valence-electron chi connectivity index (χ0n) is 11.3. The van der Waals surface area contributed by atoms with Crippen LogP contribution in [-0.2, 0) is 6.54 Å². The average Bonchev–Trinajstić information content (AvgIpc) is 3.08. The Labute approximate surface area is 126 Å². The van der Waals surface area contributed by atoms with E-state index in [-0.39, 0.29) is 0 Å². The summed E-state index contributed by atoms with van der Waals surface area (Å²) < 4.78 is 6.36. The number of nitrogens with zero attached hydrogens (tertiary/aromatic N) is 3. The Morgan fingerprint density at radius 1 is 1.50 bits per heavy atom. The maximum atomic E-state index is 5.35. The van der Waals surface area contributed by atoms with E-state index in [1.54, 1.807) is 0 Å². The van der Waals surface area contributed by atoms with Gasteiger partial charge in [0.1, 0.15) is 0 Å². The van der Waals surface area contributed by atoms with Crippen LogP contribution in [0, 0.1) is 0 Å². The molecule has 6 heteroatoms. The lowest BCUT2D eigenvalue weighted by atomic mass is 10.2. The molecule has 1 aliphatic heterocycles. The van der Waals surface area contributed by atoms with Gasteiger partial charge >= 0.3 is 0 Å². The van der Waals surface area contributed by atoms with Crippen LogP contribution in [0.25, 0.3) is 11.4 Å². The summed E-state index contributed by atoms with van der Waals surface area (Å²) in [5.74, 6) is 1.32. The largest absolute Gasteiger partial charge is 0.338 e. The van der Waals surface area contributed by atoms with Crippen LogP contribution in [0.3, 0.4) is 0 Å². The van der Waals surface area contributed by atoms with Crippen molar-refractivity contribution in [2.24, 2.45) is 0 Å². The molecule has 1 aromatic heterocycles. The summed E-state index contributed by atoms with van der Waals surface area (Å²) in [7, 11) is 2.01. The van der Waals surface area contributed by atoms with E-state index in [1.165, 1.54) is 6.42 Å². The fourth-order valence-electron chi connectivity index (χ4n) is 2.47. The molecule has 20 heavy (non-hydrogen) atoms. The Bertz CT molecular complexity index is 586. The minimum Gasteiger partial charge on any atom is -0.338 e. The first-order valence-corrected chi connectivity index (χ1v) is 7.52. The fraction of sp³-hybridized carbons (Fsp3) is 0.429. The molecule has 0 bridgehead atoms. The molecular weight excluding hydrogens is 320 g/mol. The predicted octanol–water partition coefficient (Wildman–Crippen LogP) is 2.29. The standard InChI is InChI=1S/C14H17BrN4O/c1-16-12-5-6-19(8-12)9-13-17-14(18-20-13)10-3-2-4-11(15)7-10/h2-4,7,12,16H,5-6,8-9H2,1H3. The van der Waals surface area contributed by atoms with Crippen LogP contribution in [0.15, 0.2) is 33.3 Å². The molecule has 1 unspecified atom stereocenters. The highest BCUT2D eigenvalue weighted by molar-refractivity contribution is 9.10. The number of likely N-dealkylation sites (N-methyl/N-ethyl adjacent to an activating group) is 1. The number of likely N-dealkylation sites (tertiary alicyclic amines) is 1. The molecule has 1 saturated heterocycles. The van der Waals surface area contributed by atoms with Crippen LogP contribution in [0.2, 0.25) is 0 Å². The number of hydrogen-bond acceptors (Lipinski definition) is 5. The normalized spacial score (nSPS) is 19.6.